The van der Waals surface area contributed by atoms with Gasteiger partial charge in [-0.25, -0.2) is 4.98 Å². The molecule has 1 aliphatic heterocycles. The van der Waals surface area contributed by atoms with Gasteiger partial charge in [-0.3, -0.25) is 19.5 Å². The lowest BCUT2D eigenvalue weighted by atomic mass is 10.1. The van der Waals surface area contributed by atoms with Crippen LogP contribution in [-0.4, -0.2) is 60.3 Å². The summed E-state index contributed by atoms with van der Waals surface area (Å²) in [5, 5.41) is 11.8. The number of nitrogens with zero attached hydrogens (tertiary/aromatic N) is 6. The Morgan fingerprint density at radius 2 is 1.97 bits per heavy atom. The number of carbonyl (C=O) groups is 1. The number of rotatable bonds is 5. The molecule has 0 bridgehead atoms. The average molecular weight is 408 g/mol. The fraction of sp³-hybridized carbons (Fsp3) is 0.455. The summed E-state index contributed by atoms with van der Waals surface area (Å²) in [5.41, 5.74) is 3.18. The molecule has 1 amide bonds. The van der Waals surface area contributed by atoms with Crippen molar-refractivity contribution in [2.45, 2.75) is 46.3 Å². The molecule has 1 N–H and O–H groups in total. The molecule has 1 saturated heterocycles. The maximum atomic E-state index is 13.1. The molecule has 1 aliphatic rings. The van der Waals surface area contributed by atoms with Crippen molar-refractivity contribution in [1.82, 2.24) is 34.8 Å². The van der Waals surface area contributed by atoms with Crippen molar-refractivity contribution >= 4 is 5.91 Å². The summed E-state index contributed by atoms with van der Waals surface area (Å²) in [7, 11) is 0. The van der Waals surface area contributed by atoms with Crippen LogP contribution < -0.4 is 0 Å². The van der Waals surface area contributed by atoms with E-state index in [2.05, 4.69) is 49.4 Å². The number of aryl methyl sites for hydroxylation is 3. The maximum absolute atomic E-state index is 13.1. The van der Waals surface area contributed by atoms with Crippen molar-refractivity contribution in [1.29, 1.82) is 0 Å². The van der Waals surface area contributed by atoms with Crippen LogP contribution >= 0.6 is 0 Å². The molecule has 3 aromatic rings. The first-order valence-electron chi connectivity index (χ1n) is 10.5. The van der Waals surface area contributed by atoms with Gasteiger partial charge in [-0.1, -0.05) is 30.3 Å². The summed E-state index contributed by atoms with van der Waals surface area (Å²) in [5.74, 6) is 1.61. The van der Waals surface area contributed by atoms with Crippen molar-refractivity contribution in [2.75, 3.05) is 19.6 Å². The summed E-state index contributed by atoms with van der Waals surface area (Å²) in [4.78, 5) is 22.1. The summed E-state index contributed by atoms with van der Waals surface area (Å²) >= 11 is 0. The second-order valence-electron chi connectivity index (χ2n) is 8.03. The summed E-state index contributed by atoms with van der Waals surface area (Å²) in [6.45, 7) is 9.08. The minimum Gasteiger partial charge on any atom is -0.339 e. The maximum Gasteiger partial charge on any atom is 0.244 e. The molecule has 1 atom stereocenters. The summed E-state index contributed by atoms with van der Waals surface area (Å²) < 4.78 is 1.79. The minimum absolute atomic E-state index is 0.0536. The van der Waals surface area contributed by atoms with E-state index in [0.29, 0.717) is 6.54 Å². The molecule has 0 saturated carbocycles. The Morgan fingerprint density at radius 1 is 1.17 bits per heavy atom. The van der Waals surface area contributed by atoms with Crippen molar-refractivity contribution in [3.8, 4) is 0 Å². The SMILES string of the molecule is Cc1cc(C)n(CC(=O)N2CCCN(Cc3ccccc3)C(c3n[nH]c(C)n3)C2)n1. The van der Waals surface area contributed by atoms with Gasteiger partial charge in [0, 0.05) is 31.9 Å². The lowest BCUT2D eigenvalue weighted by Crippen LogP contribution is -2.39. The fourth-order valence-electron chi connectivity index (χ4n) is 4.09. The van der Waals surface area contributed by atoms with E-state index in [1.54, 1.807) is 4.68 Å². The molecule has 0 aliphatic carbocycles. The van der Waals surface area contributed by atoms with Crippen LogP contribution in [-0.2, 0) is 17.9 Å². The highest BCUT2D eigenvalue weighted by molar-refractivity contribution is 5.76. The van der Waals surface area contributed by atoms with Gasteiger partial charge in [0.2, 0.25) is 5.91 Å². The number of hydrogen-bond donors (Lipinski definition) is 1. The van der Waals surface area contributed by atoms with E-state index < -0.39 is 0 Å². The Kier molecular flexibility index (Phi) is 5.94. The highest BCUT2D eigenvalue weighted by Crippen LogP contribution is 2.25. The van der Waals surface area contributed by atoms with Gasteiger partial charge in [-0.05, 0) is 38.8 Å². The van der Waals surface area contributed by atoms with Gasteiger partial charge in [0.25, 0.3) is 0 Å². The molecule has 3 heterocycles. The summed E-state index contributed by atoms with van der Waals surface area (Å²) in [6, 6.07) is 12.4. The van der Waals surface area contributed by atoms with Crippen LogP contribution in [0.15, 0.2) is 36.4 Å². The topological polar surface area (TPSA) is 82.9 Å². The van der Waals surface area contributed by atoms with E-state index in [-0.39, 0.29) is 18.5 Å². The molecule has 1 unspecified atom stereocenters. The predicted molar refractivity (Wildman–Crippen MR) is 114 cm³/mol. The fourth-order valence-corrected chi connectivity index (χ4v) is 4.09. The Hall–Kier alpha value is -3.00. The van der Waals surface area contributed by atoms with Crippen molar-refractivity contribution < 1.29 is 4.79 Å². The molecule has 4 rings (SSSR count). The van der Waals surface area contributed by atoms with Gasteiger partial charge >= 0.3 is 0 Å². The van der Waals surface area contributed by atoms with Crippen LogP contribution in [0.4, 0.5) is 0 Å². The zero-order valence-electron chi connectivity index (χ0n) is 17.9. The first-order valence-corrected chi connectivity index (χ1v) is 10.5. The number of H-pyrrole nitrogens is 1. The largest absolute Gasteiger partial charge is 0.339 e. The molecule has 30 heavy (non-hydrogen) atoms. The molecule has 158 valence electrons. The predicted octanol–water partition coefficient (Wildman–Crippen LogP) is 2.40. The molecule has 0 radical (unpaired) electrons. The van der Waals surface area contributed by atoms with E-state index >= 15 is 0 Å². The number of aromatic nitrogens is 5. The Labute approximate surface area is 176 Å². The highest BCUT2D eigenvalue weighted by atomic mass is 16.2. The second kappa shape index (κ2) is 8.79. The number of aromatic amines is 1. The van der Waals surface area contributed by atoms with E-state index in [9.17, 15) is 4.79 Å². The van der Waals surface area contributed by atoms with Crippen LogP contribution in [0.1, 0.15) is 41.1 Å². The minimum atomic E-state index is -0.0536. The van der Waals surface area contributed by atoms with E-state index in [1.165, 1.54) is 5.56 Å². The molecule has 8 nitrogen and oxygen atoms in total. The molecule has 2 aromatic heterocycles. The van der Waals surface area contributed by atoms with Crippen LogP contribution in [0.5, 0.6) is 0 Å². The Balaban J connectivity index is 1.55. The van der Waals surface area contributed by atoms with Crippen molar-refractivity contribution in [3.05, 3.63) is 65.0 Å². The first kappa shape index (κ1) is 20.3. The van der Waals surface area contributed by atoms with Crippen molar-refractivity contribution in [2.24, 2.45) is 0 Å². The quantitative estimate of drug-likeness (QED) is 0.702. The van der Waals surface area contributed by atoms with Gasteiger partial charge in [-0.15, -0.1) is 0 Å². The third-order valence-electron chi connectivity index (χ3n) is 5.59. The molecular formula is C22H29N7O. The van der Waals surface area contributed by atoms with E-state index in [1.807, 2.05) is 37.8 Å². The van der Waals surface area contributed by atoms with Crippen LogP contribution in [0.3, 0.4) is 0 Å². The van der Waals surface area contributed by atoms with E-state index in [4.69, 9.17) is 0 Å². The molecule has 0 spiro atoms. The zero-order chi connectivity index (χ0) is 21.1. The Bertz CT molecular complexity index is 994. The third kappa shape index (κ3) is 4.59. The monoisotopic (exact) mass is 407 g/mol. The normalized spacial score (nSPS) is 17.8. The molecular weight excluding hydrogens is 378 g/mol. The number of hydrogen-bond acceptors (Lipinski definition) is 5. The third-order valence-corrected chi connectivity index (χ3v) is 5.59. The highest BCUT2D eigenvalue weighted by Gasteiger charge is 2.31. The molecule has 8 heteroatoms. The van der Waals surface area contributed by atoms with Gasteiger partial charge < -0.3 is 4.90 Å². The first-order chi connectivity index (χ1) is 14.5. The van der Waals surface area contributed by atoms with Gasteiger partial charge in [0.15, 0.2) is 5.82 Å². The van der Waals surface area contributed by atoms with Gasteiger partial charge in [-0.2, -0.15) is 10.2 Å². The lowest BCUT2D eigenvalue weighted by molar-refractivity contribution is -0.132. The molecule has 1 aromatic carbocycles. The Morgan fingerprint density at radius 3 is 2.63 bits per heavy atom. The zero-order valence-corrected chi connectivity index (χ0v) is 17.9. The smallest absolute Gasteiger partial charge is 0.244 e. The van der Waals surface area contributed by atoms with E-state index in [0.717, 1.165) is 49.1 Å². The number of nitrogens with one attached hydrogen (secondary N) is 1. The average Bonchev–Trinajstić information content (AvgIpc) is 3.21. The van der Waals surface area contributed by atoms with Crippen LogP contribution in [0.2, 0.25) is 0 Å². The number of carbonyl (C=O) groups excluding carboxylic acids is 1. The summed E-state index contributed by atoms with van der Waals surface area (Å²) in [6.07, 6.45) is 0.912. The van der Waals surface area contributed by atoms with Gasteiger partial charge in [0.1, 0.15) is 12.4 Å². The lowest BCUT2D eigenvalue weighted by Gasteiger charge is -2.30. The second-order valence-corrected chi connectivity index (χ2v) is 8.03. The standard InChI is InChI=1S/C22H29N7O/c1-16-12-17(2)29(26-16)15-21(30)28-11-7-10-27(13-19-8-5-4-6-9-19)20(14-28)22-23-18(3)24-25-22/h4-6,8-9,12,20H,7,10-11,13-15H2,1-3H3,(H,23,24,25). The number of amides is 1. The molecule has 1 fully saturated rings. The van der Waals surface area contributed by atoms with Crippen LogP contribution in [0, 0.1) is 20.8 Å². The van der Waals surface area contributed by atoms with Crippen LogP contribution in [0.25, 0.3) is 0 Å². The van der Waals surface area contributed by atoms with Crippen molar-refractivity contribution in [3.63, 3.8) is 0 Å². The van der Waals surface area contributed by atoms with Gasteiger partial charge in [0.05, 0.1) is 11.7 Å². The number of benzene rings is 1.